The van der Waals surface area contributed by atoms with Crippen LogP contribution in [0.25, 0.3) is 0 Å². The van der Waals surface area contributed by atoms with Crippen molar-refractivity contribution in [2.75, 3.05) is 0 Å². The van der Waals surface area contributed by atoms with Gasteiger partial charge in [-0.3, -0.25) is 4.68 Å². The lowest BCUT2D eigenvalue weighted by molar-refractivity contribution is 0.425. The molecule has 1 aromatic heterocycles. The third kappa shape index (κ3) is 1.36. The van der Waals surface area contributed by atoms with Gasteiger partial charge in [-0.05, 0) is 19.9 Å². The first kappa shape index (κ1) is 7.28. The maximum atomic E-state index is 5.67. The maximum absolute atomic E-state index is 5.67. The summed E-state index contributed by atoms with van der Waals surface area (Å²) in [7, 11) is 0. The molecule has 10 heavy (non-hydrogen) atoms. The Balaban J connectivity index is 2.68. The van der Waals surface area contributed by atoms with Crippen LogP contribution < -0.4 is 5.73 Å². The Labute approximate surface area is 60.8 Å². The third-order valence-corrected chi connectivity index (χ3v) is 1.70. The Morgan fingerprint density at radius 3 is 2.60 bits per heavy atom. The van der Waals surface area contributed by atoms with Crippen LogP contribution in [0, 0.1) is 0 Å². The molecule has 56 valence electrons. The van der Waals surface area contributed by atoms with E-state index in [0.29, 0.717) is 0 Å². The number of hydrogen-bond acceptors (Lipinski definition) is 2. The van der Waals surface area contributed by atoms with Crippen LogP contribution >= 0.6 is 0 Å². The number of nitrogens with zero attached hydrogens (tertiary/aromatic N) is 2. The van der Waals surface area contributed by atoms with E-state index in [0.717, 1.165) is 0 Å². The molecule has 3 nitrogen and oxygen atoms in total. The molecule has 0 aliphatic heterocycles. The minimum atomic E-state index is 0.153. The van der Waals surface area contributed by atoms with Gasteiger partial charge in [-0.2, -0.15) is 5.10 Å². The lowest BCUT2D eigenvalue weighted by Gasteiger charge is -2.15. The van der Waals surface area contributed by atoms with Crippen molar-refractivity contribution >= 4 is 0 Å². The third-order valence-electron chi connectivity index (χ3n) is 1.70. The molecule has 0 aliphatic carbocycles. The SMILES string of the molecule is C[C@H]([C@@H](C)N)n1cccn1. The fourth-order valence-electron chi connectivity index (χ4n) is 0.762. The van der Waals surface area contributed by atoms with Crippen LogP contribution in [0.15, 0.2) is 18.5 Å². The lowest BCUT2D eigenvalue weighted by Crippen LogP contribution is -2.27. The Kier molecular flexibility index (Phi) is 2.06. The molecule has 0 bridgehead atoms. The first-order valence-electron chi connectivity index (χ1n) is 3.46. The van der Waals surface area contributed by atoms with Crippen molar-refractivity contribution in [1.29, 1.82) is 0 Å². The van der Waals surface area contributed by atoms with Gasteiger partial charge in [0.15, 0.2) is 0 Å². The van der Waals surface area contributed by atoms with Crippen molar-refractivity contribution in [2.24, 2.45) is 5.73 Å². The van der Waals surface area contributed by atoms with E-state index >= 15 is 0 Å². The summed E-state index contributed by atoms with van der Waals surface area (Å²) in [5.41, 5.74) is 5.67. The molecule has 2 atom stereocenters. The second-order valence-electron chi connectivity index (χ2n) is 2.59. The number of rotatable bonds is 2. The summed E-state index contributed by atoms with van der Waals surface area (Å²) >= 11 is 0. The Morgan fingerprint density at radius 2 is 2.20 bits per heavy atom. The van der Waals surface area contributed by atoms with Crippen LogP contribution in [-0.2, 0) is 0 Å². The first-order valence-corrected chi connectivity index (χ1v) is 3.46. The van der Waals surface area contributed by atoms with Gasteiger partial charge < -0.3 is 5.73 Å². The van der Waals surface area contributed by atoms with Gasteiger partial charge in [0.1, 0.15) is 0 Å². The lowest BCUT2D eigenvalue weighted by atomic mass is 10.2. The summed E-state index contributed by atoms with van der Waals surface area (Å²) < 4.78 is 1.87. The molecule has 0 spiro atoms. The summed E-state index contributed by atoms with van der Waals surface area (Å²) in [6, 6.07) is 2.34. The van der Waals surface area contributed by atoms with Gasteiger partial charge in [-0.1, -0.05) is 0 Å². The highest BCUT2D eigenvalue weighted by atomic mass is 15.3. The van der Waals surface area contributed by atoms with E-state index in [4.69, 9.17) is 5.73 Å². The van der Waals surface area contributed by atoms with Gasteiger partial charge in [0.25, 0.3) is 0 Å². The molecule has 1 rings (SSSR count). The van der Waals surface area contributed by atoms with E-state index in [1.807, 2.05) is 23.9 Å². The molecule has 0 aliphatic rings. The van der Waals surface area contributed by atoms with Crippen LogP contribution in [0.5, 0.6) is 0 Å². The quantitative estimate of drug-likeness (QED) is 0.658. The molecule has 1 heterocycles. The minimum absolute atomic E-state index is 0.153. The zero-order valence-corrected chi connectivity index (χ0v) is 6.36. The molecule has 0 saturated heterocycles. The summed E-state index contributed by atoms with van der Waals surface area (Å²) in [6.07, 6.45) is 3.69. The first-order chi connectivity index (χ1) is 4.72. The van der Waals surface area contributed by atoms with Gasteiger partial charge in [0.05, 0.1) is 6.04 Å². The summed E-state index contributed by atoms with van der Waals surface area (Å²) in [5.74, 6) is 0. The molecule has 0 unspecified atom stereocenters. The smallest absolute Gasteiger partial charge is 0.0639 e. The predicted octanol–water partition coefficient (Wildman–Crippen LogP) is 0.791. The Morgan fingerprint density at radius 1 is 1.50 bits per heavy atom. The molecule has 0 radical (unpaired) electrons. The van der Waals surface area contributed by atoms with Gasteiger partial charge in [0, 0.05) is 18.4 Å². The van der Waals surface area contributed by atoms with Crippen molar-refractivity contribution in [1.82, 2.24) is 9.78 Å². The largest absolute Gasteiger partial charge is 0.326 e. The molecule has 0 fully saturated rings. The van der Waals surface area contributed by atoms with E-state index in [2.05, 4.69) is 12.0 Å². The molecule has 0 amide bonds. The minimum Gasteiger partial charge on any atom is -0.326 e. The highest BCUT2D eigenvalue weighted by Gasteiger charge is 2.07. The van der Waals surface area contributed by atoms with E-state index < -0.39 is 0 Å². The molecule has 0 saturated carbocycles. The number of nitrogens with two attached hydrogens (primary N) is 1. The second kappa shape index (κ2) is 2.84. The molecular formula is C7H13N3. The predicted molar refractivity (Wildman–Crippen MR) is 40.6 cm³/mol. The monoisotopic (exact) mass is 139 g/mol. The number of aromatic nitrogens is 2. The topological polar surface area (TPSA) is 43.8 Å². The van der Waals surface area contributed by atoms with Crippen molar-refractivity contribution in [3.8, 4) is 0 Å². The average Bonchev–Trinajstić information content (AvgIpc) is 2.36. The summed E-state index contributed by atoms with van der Waals surface area (Å²) in [6.45, 7) is 4.03. The van der Waals surface area contributed by atoms with E-state index in [9.17, 15) is 0 Å². The normalized spacial score (nSPS) is 16.7. The van der Waals surface area contributed by atoms with Gasteiger partial charge in [0.2, 0.25) is 0 Å². The van der Waals surface area contributed by atoms with Crippen LogP contribution in [0.2, 0.25) is 0 Å². The van der Waals surface area contributed by atoms with Crippen LogP contribution in [0.1, 0.15) is 19.9 Å². The van der Waals surface area contributed by atoms with E-state index in [-0.39, 0.29) is 12.1 Å². The summed E-state index contributed by atoms with van der Waals surface area (Å²) in [4.78, 5) is 0. The summed E-state index contributed by atoms with van der Waals surface area (Å²) in [5, 5.41) is 4.07. The van der Waals surface area contributed by atoms with Crippen molar-refractivity contribution < 1.29 is 0 Å². The average molecular weight is 139 g/mol. The highest BCUT2D eigenvalue weighted by Crippen LogP contribution is 2.05. The fraction of sp³-hybridized carbons (Fsp3) is 0.571. The second-order valence-corrected chi connectivity index (χ2v) is 2.59. The highest BCUT2D eigenvalue weighted by molar-refractivity contribution is 4.82. The van der Waals surface area contributed by atoms with Gasteiger partial charge in [-0.25, -0.2) is 0 Å². The fourth-order valence-corrected chi connectivity index (χ4v) is 0.762. The van der Waals surface area contributed by atoms with Crippen LogP contribution in [-0.4, -0.2) is 15.8 Å². The molecule has 0 aromatic carbocycles. The Hall–Kier alpha value is -0.830. The van der Waals surface area contributed by atoms with Crippen molar-refractivity contribution in [3.63, 3.8) is 0 Å². The Bertz CT molecular complexity index is 179. The zero-order chi connectivity index (χ0) is 7.56. The van der Waals surface area contributed by atoms with Crippen LogP contribution in [0.3, 0.4) is 0 Å². The van der Waals surface area contributed by atoms with Crippen LogP contribution in [0.4, 0.5) is 0 Å². The molecule has 3 heteroatoms. The van der Waals surface area contributed by atoms with E-state index in [1.165, 1.54) is 0 Å². The molecule has 2 N–H and O–H groups in total. The number of hydrogen-bond donors (Lipinski definition) is 1. The maximum Gasteiger partial charge on any atom is 0.0639 e. The standard InChI is InChI=1S/C7H13N3/c1-6(8)7(2)10-5-3-4-9-10/h3-7H,8H2,1-2H3/t6-,7-/m1/s1. The van der Waals surface area contributed by atoms with Gasteiger partial charge in [-0.15, -0.1) is 0 Å². The van der Waals surface area contributed by atoms with Gasteiger partial charge >= 0.3 is 0 Å². The van der Waals surface area contributed by atoms with E-state index in [1.54, 1.807) is 6.20 Å². The van der Waals surface area contributed by atoms with Crippen molar-refractivity contribution in [3.05, 3.63) is 18.5 Å². The zero-order valence-electron chi connectivity index (χ0n) is 6.36. The molecule has 1 aromatic rings. The molecular weight excluding hydrogens is 126 g/mol. The van der Waals surface area contributed by atoms with Crippen molar-refractivity contribution in [2.45, 2.75) is 25.9 Å².